The van der Waals surface area contributed by atoms with E-state index in [0.29, 0.717) is 19.3 Å². The van der Waals surface area contributed by atoms with Crippen LogP contribution in [0.2, 0.25) is 5.02 Å². The highest BCUT2D eigenvalue weighted by atomic mass is 35.5. The molecule has 1 aliphatic rings. The molecule has 0 radical (unpaired) electrons. The largest absolute Gasteiger partial charge is 0.484 e. The first-order valence-electron chi connectivity index (χ1n) is 6.89. The summed E-state index contributed by atoms with van der Waals surface area (Å²) < 4.78 is 71.2. The van der Waals surface area contributed by atoms with Gasteiger partial charge >= 0.3 is 6.18 Å². The third-order valence-electron chi connectivity index (χ3n) is 3.72. The molecular weight excluding hydrogens is 357 g/mol. The topological polar surface area (TPSA) is 52.6 Å². The van der Waals surface area contributed by atoms with E-state index in [1.54, 1.807) is 0 Å². The molecule has 23 heavy (non-hydrogen) atoms. The molecule has 9 heteroatoms. The maximum absolute atomic E-state index is 12.6. The Morgan fingerprint density at radius 2 is 2.00 bits per heavy atom. The van der Waals surface area contributed by atoms with Crippen LogP contribution in [-0.4, -0.2) is 39.7 Å². The van der Waals surface area contributed by atoms with Crippen molar-refractivity contribution in [3.63, 3.8) is 0 Å². The molecule has 0 heterocycles. The quantitative estimate of drug-likeness (QED) is 0.792. The molecule has 2 rings (SSSR count). The standard InChI is InChI=1S/C14H16ClF3O4S/c1-21-9-2-4-11(6-9)23(19,20)13-5-3-10(7-12(13)15)22-8-14(16,17)18/h3,5,7,9,11H,2,4,6,8H2,1H3. The number of alkyl halides is 3. The van der Waals surface area contributed by atoms with Crippen LogP contribution in [0.15, 0.2) is 23.1 Å². The Balaban J connectivity index is 2.17. The summed E-state index contributed by atoms with van der Waals surface area (Å²) in [7, 11) is -2.14. The first-order chi connectivity index (χ1) is 10.6. The van der Waals surface area contributed by atoms with Gasteiger partial charge < -0.3 is 9.47 Å². The lowest BCUT2D eigenvalue weighted by Crippen LogP contribution is -2.21. The summed E-state index contributed by atoms with van der Waals surface area (Å²) >= 11 is 5.94. The first kappa shape index (κ1) is 18.4. The molecular formula is C14H16ClF3O4S. The minimum Gasteiger partial charge on any atom is -0.484 e. The summed E-state index contributed by atoms with van der Waals surface area (Å²) in [6.07, 6.45) is -3.10. The molecule has 1 aromatic carbocycles. The van der Waals surface area contributed by atoms with Crippen molar-refractivity contribution in [1.82, 2.24) is 0 Å². The Labute approximate surface area is 137 Å². The van der Waals surface area contributed by atoms with Gasteiger partial charge in [0, 0.05) is 13.2 Å². The van der Waals surface area contributed by atoms with E-state index in [1.165, 1.54) is 19.2 Å². The fourth-order valence-corrected chi connectivity index (χ4v) is 4.90. The minimum absolute atomic E-state index is 0.0970. The van der Waals surface area contributed by atoms with Gasteiger partial charge in [-0.15, -0.1) is 0 Å². The number of rotatable bonds is 5. The molecule has 1 aliphatic carbocycles. The van der Waals surface area contributed by atoms with Crippen molar-refractivity contribution in [3.8, 4) is 5.75 Å². The lowest BCUT2D eigenvalue weighted by atomic mass is 10.3. The van der Waals surface area contributed by atoms with E-state index in [2.05, 4.69) is 4.74 Å². The van der Waals surface area contributed by atoms with Crippen molar-refractivity contribution in [2.24, 2.45) is 0 Å². The summed E-state index contributed by atoms with van der Waals surface area (Å²) in [6, 6.07) is 3.44. The molecule has 2 unspecified atom stereocenters. The Morgan fingerprint density at radius 3 is 2.52 bits per heavy atom. The second-order valence-corrected chi connectivity index (χ2v) is 7.94. The summed E-state index contributed by atoms with van der Waals surface area (Å²) in [6.45, 7) is -1.46. The highest BCUT2D eigenvalue weighted by Gasteiger charge is 2.36. The van der Waals surface area contributed by atoms with Crippen molar-refractivity contribution in [2.45, 2.75) is 41.7 Å². The van der Waals surface area contributed by atoms with E-state index < -0.39 is 27.9 Å². The number of sulfone groups is 1. The number of halogens is 4. The number of hydrogen-bond acceptors (Lipinski definition) is 4. The van der Waals surface area contributed by atoms with E-state index in [-0.39, 0.29) is 21.8 Å². The third kappa shape index (κ3) is 4.51. The molecule has 0 saturated heterocycles. The highest BCUT2D eigenvalue weighted by molar-refractivity contribution is 7.92. The molecule has 0 aliphatic heterocycles. The van der Waals surface area contributed by atoms with Crippen molar-refractivity contribution < 1.29 is 31.1 Å². The zero-order chi connectivity index (χ0) is 17.3. The predicted molar refractivity (Wildman–Crippen MR) is 78.6 cm³/mol. The molecule has 0 N–H and O–H groups in total. The van der Waals surface area contributed by atoms with Gasteiger partial charge in [0.1, 0.15) is 5.75 Å². The van der Waals surface area contributed by atoms with E-state index in [9.17, 15) is 21.6 Å². The van der Waals surface area contributed by atoms with E-state index in [4.69, 9.17) is 16.3 Å². The van der Waals surface area contributed by atoms with Crippen LogP contribution >= 0.6 is 11.6 Å². The van der Waals surface area contributed by atoms with Crippen LogP contribution in [0, 0.1) is 0 Å². The monoisotopic (exact) mass is 372 g/mol. The normalized spacial score (nSPS) is 22.3. The van der Waals surface area contributed by atoms with Gasteiger partial charge in [0.15, 0.2) is 16.4 Å². The van der Waals surface area contributed by atoms with Gasteiger partial charge in [-0.1, -0.05) is 11.6 Å². The summed E-state index contributed by atoms with van der Waals surface area (Å²) in [5.74, 6) is -0.132. The van der Waals surface area contributed by atoms with Gasteiger partial charge in [-0.3, -0.25) is 0 Å². The average molecular weight is 373 g/mol. The number of hydrogen-bond donors (Lipinski definition) is 0. The van der Waals surface area contributed by atoms with Gasteiger partial charge in [-0.2, -0.15) is 13.2 Å². The molecule has 0 spiro atoms. The van der Waals surface area contributed by atoms with Crippen molar-refractivity contribution in [2.75, 3.05) is 13.7 Å². The summed E-state index contributed by atoms with van der Waals surface area (Å²) in [5.41, 5.74) is 0. The van der Waals surface area contributed by atoms with Crippen LogP contribution < -0.4 is 4.74 Å². The molecule has 1 fully saturated rings. The molecule has 130 valence electrons. The Hall–Kier alpha value is -0.990. The van der Waals surface area contributed by atoms with E-state index in [0.717, 1.165) is 6.07 Å². The van der Waals surface area contributed by atoms with Crippen LogP contribution in [0.25, 0.3) is 0 Å². The maximum atomic E-state index is 12.6. The fourth-order valence-electron chi connectivity index (χ4n) is 2.54. The summed E-state index contributed by atoms with van der Waals surface area (Å²) in [4.78, 5) is -0.0970. The number of methoxy groups -OCH3 is 1. The Morgan fingerprint density at radius 1 is 1.30 bits per heavy atom. The number of benzene rings is 1. The Bertz CT molecular complexity index is 660. The number of ether oxygens (including phenoxy) is 2. The van der Waals surface area contributed by atoms with Crippen LogP contribution in [0.3, 0.4) is 0 Å². The second-order valence-electron chi connectivity index (χ2n) is 5.33. The van der Waals surface area contributed by atoms with Crippen molar-refractivity contribution >= 4 is 21.4 Å². The van der Waals surface area contributed by atoms with Crippen LogP contribution in [0.4, 0.5) is 13.2 Å². The summed E-state index contributed by atoms with van der Waals surface area (Å²) in [5, 5.41) is -0.752. The fraction of sp³-hybridized carbons (Fsp3) is 0.571. The molecule has 0 bridgehead atoms. The minimum atomic E-state index is -4.48. The van der Waals surface area contributed by atoms with Gasteiger partial charge in [-0.05, 0) is 31.4 Å². The first-order valence-corrected chi connectivity index (χ1v) is 8.81. The zero-order valence-electron chi connectivity index (χ0n) is 12.3. The molecule has 1 aromatic rings. The molecule has 2 atom stereocenters. The van der Waals surface area contributed by atoms with Crippen LogP contribution in [0.1, 0.15) is 19.3 Å². The SMILES string of the molecule is COC1CCC(S(=O)(=O)c2ccc(OCC(F)(F)F)cc2Cl)C1. The Kier molecular flexibility index (Phi) is 5.48. The maximum Gasteiger partial charge on any atom is 0.422 e. The van der Waals surface area contributed by atoms with Gasteiger partial charge in [0.2, 0.25) is 0 Å². The van der Waals surface area contributed by atoms with Crippen molar-refractivity contribution in [1.29, 1.82) is 0 Å². The van der Waals surface area contributed by atoms with E-state index in [1.807, 2.05) is 0 Å². The van der Waals surface area contributed by atoms with Gasteiger partial charge in [-0.25, -0.2) is 8.42 Å². The molecule has 1 saturated carbocycles. The van der Waals surface area contributed by atoms with Crippen LogP contribution in [-0.2, 0) is 14.6 Å². The van der Waals surface area contributed by atoms with Crippen molar-refractivity contribution in [3.05, 3.63) is 23.2 Å². The lowest BCUT2D eigenvalue weighted by molar-refractivity contribution is -0.153. The van der Waals surface area contributed by atoms with Gasteiger partial charge in [0.05, 0.1) is 21.3 Å². The second kappa shape index (κ2) is 6.86. The van der Waals surface area contributed by atoms with Crippen LogP contribution in [0.5, 0.6) is 5.75 Å². The smallest absolute Gasteiger partial charge is 0.422 e. The highest BCUT2D eigenvalue weighted by Crippen LogP contribution is 2.35. The third-order valence-corrected chi connectivity index (χ3v) is 6.42. The average Bonchev–Trinajstić information content (AvgIpc) is 2.94. The molecule has 0 aromatic heterocycles. The van der Waals surface area contributed by atoms with E-state index >= 15 is 0 Å². The van der Waals surface area contributed by atoms with Gasteiger partial charge in [0.25, 0.3) is 0 Å². The molecule has 0 amide bonds. The lowest BCUT2D eigenvalue weighted by Gasteiger charge is -2.15. The predicted octanol–water partition coefficient (Wildman–Crippen LogP) is 3.62. The molecule has 4 nitrogen and oxygen atoms in total. The zero-order valence-corrected chi connectivity index (χ0v) is 13.8.